The van der Waals surface area contributed by atoms with Gasteiger partial charge in [-0.1, -0.05) is 12.1 Å². The zero-order chi connectivity index (χ0) is 14.4. The maximum atomic E-state index is 13.2. The third-order valence-electron chi connectivity index (χ3n) is 5.50. The van der Waals surface area contributed by atoms with Crippen LogP contribution in [0.15, 0.2) is 24.3 Å². The van der Waals surface area contributed by atoms with Gasteiger partial charge >= 0.3 is 0 Å². The van der Waals surface area contributed by atoms with Crippen molar-refractivity contribution in [1.29, 1.82) is 0 Å². The van der Waals surface area contributed by atoms with E-state index in [2.05, 4.69) is 10.6 Å². The van der Waals surface area contributed by atoms with Crippen LogP contribution in [-0.2, 0) is 4.79 Å². The highest BCUT2D eigenvalue weighted by molar-refractivity contribution is 5.85. The number of amides is 1. The van der Waals surface area contributed by atoms with Crippen LogP contribution in [0.1, 0.15) is 37.2 Å². The molecule has 1 spiro atoms. The number of benzene rings is 1. The normalized spacial score (nSPS) is 31.2. The van der Waals surface area contributed by atoms with Gasteiger partial charge in [-0.15, -0.1) is 12.4 Å². The molecule has 1 aromatic carbocycles. The predicted octanol–water partition coefficient (Wildman–Crippen LogP) is 2.61. The van der Waals surface area contributed by atoms with Gasteiger partial charge in [0, 0.05) is 17.9 Å². The number of carbonyl (C=O) groups excluding carboxylic acids is 1. The lowest BCUT2D eigenvalue weighted by Crippen LogP contribution is -2.34. The largest absolute Gasteiger partial charge is 0.352 e. The van der Waals surface area contributed by atoms with Crippen LogP contribution in [0.4, 0.5) is 4.39 Å². The van der Waals surface area contributed by atoms with E-state index in [1.807, 2.05) is 6.07 Å². The molecular formula is C17H22ClFN2O. The van der Waals surface area contributed by atoms with Gasteiger partial charge < -0.3 is 10.6 Å². The molecule has 0 aromatic heterocycles. The first-order valence-electron chi connectivity index (χ1n) is 7.95. The van der Waals surface area contributed by atoms with E-state index < -0.39 is 0 Å². The molecule has 2 aliphatic carbocycles. The molecule has 3 atom stereocenters. The second-order valence-corrected chi connectivity index (χ2v) is 6.88. The highest BCUT2D eigenvalue weighted by Gasteiger charge is 2.58. The molecule has 4 rings (SSSR count). The lowest BCUT2D eigenvalue weighted by atomic mass is 9.92. The van der Waals surface area contributed by atoms with Gasteiger partial charge in [0.1, 0.15) is 5.82 Å². The van der Waals surface area contributed by atoms with Crippen molar-refractivity contribution >= 4 is 18.3 Å². The number of nitrogens with one attached hydrogen (secondary N) is 2. The number of piperidine rings is 1. The van der Waals surface area contributed by atoms with Gasteiger partial charge in [-0.05, 0) is 61.9 Å². The molecule has 0 radical (unpaired) electrons. The molecule has 1 aliphatic heterocycles. The van der Waals surface area contributed by atoms with E-state index in [-0.39, 0.29) is 36.1 Å². The van der Waals surface area contributed by atoms with Crippen molar-refractivity contribution in [2.24, 2.45) is 11.3 Å². The first-order valence-corrected chi connectivity index (χ1v) is 7.95. The molecule has 120 valence electrons. The smallest absolute Gasteiger partial charge is 0.223 e. The van der Waals surface area contributed by atoms with Crippen molar-refractivity contribution in [2.75, 3.05) is 13.1 Å². The van der Waals surface area contributed by atoms with E-state index in [1.54, 1.807) is 12.1 Å². The standard InChI is InChI=1S/C17H21FN2O.ClH/c18-12-3-1-2-11(8-12)13-9-15(13)20-16(21)14-10-17(14)4-6-19-7-5-17;/h1-3,8,13-15,19H,4-7,9-10H2,(H,20,21);1H. The zero-order valence-corrected chi connectivity index (χ0v) is 13.3. The summed E-state index contributed by atoms with van der Waals surface area (Å²) in [4.78, 5) is 12.4. The van der Waals surface area contributed by atoms with Crippen molar-refractivity contribution in [3.63, 3.8) is 0 Å². The van der Waals surface area contributed by atoms with Gasteiger partial charge in [-0.25, -0.2) is 4.39 Å². The molecule has 2 saturated carbocycles. The number of rotatable bonds is 3. The summed E-state index contributed by atoms with van der Waals surface area (Å²) in [6.45, 7) is 2.08. The molecule has 1 saturated heterocycles. The molecule has 5 heteroatoms. The van der Waals surface area contributed by atoms with Crippen LogP contribution in [0, 0.1) is 17.2 Å². The molecule has 3 unspecified atom stereocenters. The van der Waals surface area contributed by atoms with Crippen LogP contribution in [0.25, 0.3) is 0 Å². The Morgan fingerprint density at radius 3 is 2.82 bits per heavy atom. The summed E-state index contributed by atoms with van der Waals surface area (Å²) in [5.74, 6) is 0.543. The van der Waals surface area contributed by atoms with Crippen LogP contribution in [0.5, 0.6) is 0 Å². The van der Waals surface area contributed by atoms with Gasteiger partial charge in [0.2, 0.25) is 5.91 Å². The zero-order valence-electron chi connectivity index (χ0n) is 12.5. The van der Waals surface area contributed by atoms with E-state index in [0.717, 1.165) is 44.3 Å². The highest BCUT2D eigenvalue weighted by atomic mass is 35.5. The van der Waals surface area contributed by atoms with Crippen LogP contribution >= 0.6 is 12.4 Å². The summed E-state index contributed by atoms with van der Waals surface area (Å²) in [5.41, 5.74) is 1.30. The fourth-order valence-electron chi connectivity index (χ4n) is 3.94. The highest BCUT2D eigenvalue weighted by Crippen LogP contribution is 2.59. The Hall–Kier alpha value is -1.13. The summed E-state index contributed by atoms with van der Waals surface area (Å²) < 4.78 is 13.2. The second-order valence-electron chi connectivity index (χ2n) is 6.88. The Bertz CT molecular complexity index is 574. The second kappa shape index (κ2) is 5.82. The molecule has 3 fully saturated rings. The molecule has 3 aliphatic rings. The van der Waals surface area contributed by atoms with Gasteiger partial charge in [0.25, 0.3) is 0 Å². The Labute approximate surface area is 136 Å². The summed E-state index contributed by atoms with van der Waals surface area (Å²) in [7, 11) is 0. The van der Waals surface area contributed by atoms with E-state index in [0.29, 0.717) is 11.3 Å². The maximum Gasteiger partial charge on any atom is 0.223 e. The minimum absolute atomic E-state index is 0. The average molecular weight is 325 g/mol. The van der Waals surface area contributed by atoms with E-state index in [4.69, 9.17) is 0 Å². The number of halogens is 2. The molecule has 1 heterocycles. The Morgan fingerprint density at radius 2 is 2.09 bits per heavy atom. The quantitative estimate of drug-likeness (QED) is 0.897. The van der Waals surface area contributed by atoms with E-state index >= 15 is 0 Å². The lowest BCUT2D eigenvalue weighted by molar-refractivity contribution is -0.123. The topological polar surface area (TPSA) is 41.1 Å². The van der Waals surface area contributed by atoms with Crippen LogP contribution in [0.3, 0.4) is 0 Å². The van der Waals surface area contributed by atoms with Gasteiger partial charge in [-0.2, -0.15) is 0 Å². The third-order valence-corrected chi connectivity index (χ3v) is 5.50. The molecule has 22 heavy (non-hydrogen) atoms. The van der Waals surface area contributed by atoms with Gasteiger partial charge in [0.15, 0.2) is 0 Å². The summed E-state index contributed by atoms with van der Waals surface area (Å²) in [6, 6.07) is 6.95. The van der Waals surface area contributed by atoms with Crippen molar-refractivity contribution in [3.8, 4) is 0 Å². The molecule has 1 amide bonds. The first kappa shape index (κ1) is 15.8. The number of hydrogen-bond acceptors (Lipinski definition) is 2. The van der Waals surface area contributed by atoms with Crippen molar-refractivity contribution in [1.82, 2.24) is 10.6 Å². The first-order chi connectivity index (χ1) is 10.2. The minimum atomic E-state index is -0.194. The maximum absolute atomic E-state index is 13.2. The fraction of sp³-hybridized carbons (Fsp3) is 0.588. The monoisotopic (exact) mass is 324 g/mol. The summed E-state index contributed by atoms with van der Waals surface area (Å²) in [5, 5.41) is 6.53. The predicted molar refractivity (Wildman–Crippen MR) is 85.6 cm³/mol. The lowest BCUT2D eigenvalue weighted by Gasteiger charge is -2.23. The number of carbonyl (C=O) groups is 1. The Morgan fingerprint density at radius 1 is 1.32 bits per heavy atom. The van der Waals surface area contributed by atoms with Crippen LogP contribution < -0.4 is 10.6 Å². The average Bonchev–Trinajstić information content (AvgIpc) is 3.37. The van der Waals surface area contributed by atoms with E-state index in [1.165, 1.54) is 6.07 Å². The third kappa shape index (κ3) is 2.86. The Kier molecular flexibility index (Phi) is 4.17. The van der Waals surface area contributed by atoms with Crippen LogP contribution in [0.2, 0.25) is 0 Å². The van der Waals surface area contributed by atoms with E-state index in [9.17, 15) is 9.18 Å². The van der Waals surface area contributed by atoms with Crippen LogP contribution in [-0.4, -0.2) is 25.0 Å². The number of hydrogen-bond donors (Lipinski definition) is 2. The minimum Gasteiger partial charge on any atom is -0.352 e. The van der Waals surface area contributed by atoms with Gasteiger partial charge in [-0.3, -0.25) is 4.79 Å². The molecule has 2 N–H and O–H groups in total. The summed E-state index contributed by atoms with van der Waals surface area (Å²) in [6.07, 6.45) is 4.25. The molecule has 0 bridgehead atoms. The Balaban J connectivity index is 0.00000144. The SMILES string of the molecule is Cl.O=C(NC1CC1c1cccc(F)c1)C1CC12CCNCC2. The molecule has 1 aromatic rings. The van der Waals surface area contributed by atoms with Crippen molar-refractivity contribution in [2.45, 2.75) is 37.6 Å². The van der Waals surface area contributed by atoms with Crippen molar-refractivity contribution in [3.05, 3.63) is 35.6 Å². The van der Waals surface area contributed by atoms with Gasteiger partial charge in [0.05, 0.1) is 0 Å². The van der Waals surface area contributed by atoms with Crippen molar-refractivity contribution < 1.29 is 9.18 Å². The summed E-state index contributed by atoms with van der Waals surface area (Å²) >= 11 is 0. The fourth-order valence-corrected chi connectivity index (χ4v) is 3.94. The molecule has 3 nitrogen and oxygen atoms in total. The molecular weight excluding hydrogens is 303 g/mol.